The number of rotatable bonds is 6. The molecule has 26 heavy (non-hydrogen) atoms. The van der Waals surface area contributed by atoms with Gasteiger partial charge in [-0.05, 0) is 49.3 Å². The Balaban J connectivity index is 0.00000338. The molecule has 4 nitrogen and oxygen atoms in total. The quantitative estimate of drug-likeness (QED) is 0.385. The highest BCUT2D eigenvalue weighted by Crippen LogP contribution is 2.09. The molecule has 0 amide bonds. The molecule has 2 rings (SSSR count). The summed E-state index contributed by atoms with van der Waals surface area (Å²) >= 11 is 0. The maximum absolute atomic E-state index is 13.3. The van der Waals surface area contributed by atoms with Crippen LogP contribution in [-0.4, -0.2) is 32.0 Å². The average molecular weight is 470 g/mol. The normalized spacial score (nSPS) is 11.2. The molecule has 0 heterocycles. The van der Waals surface area contributed by atoms with Gasteiger partial charge in [0.15, 0.2) is 5.96 Å². The SMILES string of the molecule is CN=C(NCc1cccc(CN(C)C)c1)NCc1ccc(F)c(C)c1.I. The summed E-state index contributed by atoms with van der Waals surface area (Å²) in [7, 11) is 5.87. The fraction of sp³-hybridized carbons (Fsp3) is 0.350. The molecule has 6 heteroatoms. The summed E-state index contributed by atoms with van der Waals surface area (Å²) in [6.45, 7) is 3.99. The lowest BCUT2D eigenvalue weighted by Gasteiger charge is -2.14. The number of hydrogen-bond acceptors (Lipinski definition) is 2. The second kappa shape index (κ2) is 11.1. The maximum Gasteiger partial charge on any atom is 0.191 e. The maximum atomic E-state index is 13.3. The van der Waals surface area contributed by atoms with E-state index in [-0.39, 0.29) is 29.8 Å². The summed E-state index contributed by atoms with van der Waals surface area (Å²) in [6, 6.07) is 13.6. The van der Waals surface area contributed by atoms with Gasteiger partial charge in [-0.15, -0.1) is 24.0 Å². The van der Waals surface area contributed by atoms with Gasteiger partial charge < -0.3 is 15.5 Å². The number of nitrogens with one attached hydrogen (secondary N) is 2. The van der Waals surface area contributed by atoms with Crippen LogP contribution in [0.2, 0.25) is 0 Å². The van der Waals surface area contributed by atoms with Gasteiger partial charge in [-0.3, -0.25) is 4.99 Å². The average Bonchev–Trinajstić information content (AvgIpc) is 2.58. The fourth-order valence-corrected chi connectivity index (χ4v) is 2.61. The number of halogens is 2. The topological polar surface area (TPSA) is 39.7 Å². The van der Waals surface area contributed by atoms with Crippen molar-refractivity contribution in [3.05, 3.63) is 70.5 Å². The lowest BCUT2D eigenvalue weighted by molar-refractivity contribution is 0.402. The van der Waals surface area contributed by atoms with Gasteiger partial charge in [0, 0.05) is 26.7 Å². The second-order valence-electron chi connectivity index (χ2n) is 6.42. The first-order valence-corrected chi connectivity index (χ1v) is 8.40. The van der Waals surface area contributed by atoms with E-state index in [1.807, 2.05) is 6.07 Å². The van der Waals surface area contributed by atoms with Crippen LogP contribution in [0.25, 0.3) is 0 Å². The van der Waals surface area contributed by atoms with Gasteiger partial charge in [-0.25, -0.2) is 4.39 Å². The highest BCUT2D eigenvalue weighted by Gasteiger charge is 2.03. The van der Waals surface area contributed by atoms with Crippen molar-refractivity contribution in [2.45, 2.75) is 26.6 Å². The van der Waals surface area contributed by atoms with Gasteiger partial charge in [0.05, 0.1) is 0 Å². The molecule has 2 N–H and O–H groups in total. The fourth-order valence-electron chi connectivity index (χ4n) is 2.61. The Morgan fingerprint density at radius 1 is 1.00 bits per heavy atom. The zero-order chi connectivity index (χ0) is 18.2. The number of aryl methyl sites for hydroxylation is 1. The van der Waals surface area contributed by atoms with Crippen LogP contribution in [0.15, 0.2) is 47.5 Å². The number of hydrogen-bond donors (Lipinski definition) is 2. The summed E-state index contributed by atoms with van der Waals surface area (Å²) in [5, 5.41) is 6.57. The first kappa shape index (κ1) is 22.4. The summed E-state index contributed by atoms with van der Waals surface area (Å²) in [5.41, 5.74) is 4.17. The van der Waals surface area contributed by atoms with Crippen LogP contribution in [0.5, 0.6) is 0 Å². The van der Waals surface area contributed by atoms with E-state index in [2.05, 4.69) is 58.9 Å². The molecule has 0 fully saturated rings. The smallest absolute Gasteiger partial charge is 0.191 e. The van der Waals surface area contributed by atoms with Crippen molar-refractivity contribution in [1.82, 2.24) is 15.5 Å². The first-order valence-electron chi connectivity index (χ1n) is 8.40. The van der Waals surface area contributed by atoms with Crippen LogP contribution in [0.4, 0.5) is 4.39 Å². The first-order chi connectivity index (χ1) is 12.0. The Kier molecular flexibility index (Phi) is 9.58. The Morgan fingerprint density at radius 2 is 1.62 bits per heavy atom. The lowest BCUT2D eigenvalue weighted by Crippen LogP contribution is -2.36. The lowest BCUT2D eigenvalue weighted by atomic mass is 10.1. The summed E-state index contributed by atoms with van der Waals surface area (Å²) in [6.07, 6.45) is 0. The molecule has 0 aromatic heterocycles. The van der Waals surface area contributed by atoms with E-state index in [0.29, 0.717) is 18.7 Å². The Labute approximate surface area is 172 Å². The van der Waals surface area contributed by atoms with E-state index < -0.39 is 0 Å². The van der Waals surface area contributed by atoms with Crippen LogP contribution in [0.1, 0.15) is 22.3 Å². The summed E-state index contributed by atoms with van der Waals surface area (Å²) < 4.78 is 13.3. The molecule has 0 aliphatic heterocycles. The predicted octanol–water partition coefficient (Wildman–Crippen LogP) is 3.68. The Hall–Kier alpha value is -1.67. The highest BCUT2D eigenvalue weighted by molar-refractivity contribution is 14.0. The predicted molar refractivity (Wildman–Crippen MR) is 117 cm³/mol. The zero-order valence-corrected chi connectivity index (χ0v) is 18.2. The van der Waals surface area contributed by atoms with Gasteiger partial charge in [0.1, 0.15) is 5.82 Å². The number of nitrogens with zero attached hydrogens (tertiary/aromatic N) is 2. The molecular formula is C20H28FIN4. The third kappa shape index (κ3) is 7.29. The second-order valence-corrected chi connectivity index (χ2v) is 6.42. The number of guanidine groups is 1. The van der Waals surface area contributed by atoms with Crippen molar-refractivity contribution < 1.29 is 4.39 Å². The Morgan fingerprint density at radius 3 is 2.19 bits per heavy atom. The largest absolute Gasteiger partial charge is 0.352 e. The molecule has 0 aliphatic rings. The minimum atomic E-state index is -0.177. The molecule has 142 valence electrons. The van der Waals surface area contributed by atoms with Gasteiger partial charge in [-0.2, -0.15) is 0 Å². The zero-order valence-electron chi connectivity index (χ0n) is 15.8. The van der Waals surface area contributed by atoms with Crippen molar-refractivity contribution in [3.8, 4) is 0 Å². The standard InChI is InChI=1S/C20H27FN4.HI/c1-15-10-17(8-9-19(15)21)13-24-20(22-2)23-12-16-6-5-7-18(11-16)14-25(3)4;/h5-11H,12-14H2,1-4H3,(H2,22,23,24);1H. The molecule has 0 spiro atoms. The molecule has 0 radical (unpaired) electrons. The van der Waals surface area contributed by atoms with Gasteiger partial charge in [0.25, 0.3) is 0 Å². The summed E-state index contributed by atoms with van der Waals surface area (Å²) in [4.78, 5) is 6.39. The number of benzene rings is 2. The van der Waals surface area contributed by atoms with Crippen LogP contribution >= 0.6 is 24.0 Å². The molecule has 0 saturated heterocycles. The van der Waals surface area contributed by atoms with Crippen molar-refractivity contribution in [3.63, 3.8) is 0 Å². The number of aliphatic imine (C=N–C) groups is 1. The molecule has 2 aromatic rings. The van der Waals surface area contributed by atoms with E-state index in [4.69, 9.17) is 0 Å². The van der Waals surface area contributed by atoms with Crippen molar-refractivity contribution in [2.75, 3.05) is 21.1 Å². The molecule has 0 unspecified atom stereocenters. The van der Waals surface area contributed by atoms with E-state index >= 15 is 0 Å². The minimum Gasteiger partial charge on any atom is -0.352 e. The highest BCUT2D eigenvalue weighted by atomic mass is 127. The molecule has 0 saturated carbocycles. The van der Waals surface area contributed by atoms with Crippen LogP contribution in [-0.2, 0) is 19.6 Å². The third-order valence-electron chi connectivity index (χ3n) is 3.86. The van der Waals surface area contributed by atoms with E-state index in [1.165, 1.54) is 17.2 Å². The van der Waals surface area contributed by atoms with E-state index in [1.54, 1.807) is 20.0 Å². The van der Waals surface area contributed by atoms with Gasteiger partial charge in [-0.1, -0.05) is 36.4 Å². The molecule has 0 atom stereocenters. The minimum absolute atomic E-state index is 0. The van der Waals surface area contributed by atoms with E-state index in [0.717, 1.165) is 18.1 Å². The van der Waals surface area contributed by atoms with Gasteiger partial charge in [0.2, 0.25) is 0 Å². The monoisotopic (exact) mass is 470 g/mol. The van der Waals surface area contributed by atoms with Crippen molar-refractivity contribution in [2.24, 2.45) is 4.99 Å². The summed E-state index contributed by atoms with van der Waals surface area (Å²) in [5.74, 6) is 0.545. The molecular weight excluding hydrogens is 442 g/mol. The van der Waals surface area contributed by atoms with Crippen LogP contribution < -0.4 is 10.6 Å². The van der Waals surface area contributed by atoms with E-state index in [9.17, 15) is 4.39 Å². The molecule has 2 aromatic carbocycles. The molecule has 0 bridgehead atoms. The van der Waals surface area contributed by atoms with Crippen LogP contribution in [0, 0.1) is 12.7 Å². The van der Waals surface area contributed by atoms with Crippen molar-refractivity contribution in [1.29, 1.82) is 0 Å². The van der Waals surface area contributed by atoms with Crippen molar-refractivity contribution >= 4 is 29.9 Å². The van der Waals surface area contributed by atoms with Crippen LogP contribution in [0.3, 0.4) is 0 Å². The third-order valence-corrected chi connectivity index (χ3v) is 3.86. The van der Waals surface area contributed by atoms with Gasteiger partial charge >= 0.3 is 0 Å². The Bertz CT molecular complexity index is 732. The molecule has 0 aliphatic carbocycles.